The first-order valence-electron chi connectivity index (χ1n) is 7.29. The Labute approximate surface area is 122 Å². The van der Waals surface area contributed by atoms with Gasteiger partial charge in [0.05, 0.1) is 6.54 Å². The Kier molecular flexibility index (Phi) is 9.09. The van der Waals surface area contributed by atoms with E-state index >= 15 is 0 Å². The summed E-state index contributed by atoms with van der Waals surface area (Å²) in [6.07, 6.45) is 0. The second kappa shape index (κ2) is 10.0. The summed E-state index contributed by atoms with van der Waals surface area (Å²) in [6, 6.07) is 7.42. The molecule has 1 N–H and O–H groups in total. The molecule has 0 bridgehead atoms. The van der Waals surface area contributed by atoms with Gasteiger partial charge in [-0.15, -0.1) is 0 Å². The standard InChI is InChI=1S/C12H14N2O2.2C2H6/c1-9-3-2-4-10(7-9)12(16)14-6-5-13-11(15)8-14;2*1-2/h2-4,7H,5-6,8H2,1H3,(H,13,15);2*1-2H3. The molecule has 0 atom stereocenters. The molecular weight excluding hydrogens is 252 g/mol. The Morgan fingerprint density at radius 3 is 2.40 bits per heavy atom. The first-order valence-corrected chi connectivity index (χ1v) is 7.29. The highest BCUT2D eigenvalue weighted by molar-refractivity contribution is 5.97. The van der Waals surface area contributed by atoms with E-state index in [-0.39, 0.29) is 18.4 Å². The van der Waals surface area contributed by atoms with Crippen molar-refractivity contribution in [3.63, 3.8) is 0 Å². The summed E-state index contributed by atoms with van der Waals surface area (Å²) in [4.78, 5) is 24.8. The Bertz CT molecular complexity index is 430. The number of carbonyl (C=O) groups excluding carboxylic acids is 2. The zero-order valence-electron chi connectivity index (χ0n) is 13.2. The number of nitrogens with zero attached hydrogens (tertiary/aromatic N) is 1. The van der Waals surface area contributed by atoms with Crippen molar-refractivity contribution >= 4 is 11.8 Å². The number of carbonyl (C=O) groups is 2. The lowest BCUT2D eigenvalue weighted by Gasteiger charge is -2.26. The quantitative estimate of drug-likeness (QED) is 0.858. The second-order valence-electron chi connectivity index (χ2n) is 3.95. The van der Waals surface area contributed by atoms with Crippen molar-refractivity contribution in [1.82, 2.24) is 10.2 Å². The van der Waals surface area contributed by atoms with E-state index in [1.165, 1.54) is 0 Å². The van der Waals surface area contributed by atoms with Crippen LogP contribution in [0.1, 0.15) is 43.6 Å². The molecule has 1 saturated heterocycles. The molecule has 4 heteroatoms. The summed E-state index contributed by atoms with van der Waals surface area (Å²) < 4.78 is 0. The largest absolute Gasteiger partial charge is 0.353 e. The first kappa shape index (κ1) is 18.2. The molecule has 20 heavy (non-hydrogen) atoms. The maximum absolute atomic E-state index is 12.0. The minimum absolute atomic E-state index is 0.0708. The van der Waals surface area contributed by atoms with Crippen LogP contribution in [0.2, 0.25) is 0 Å². The lowest BCUT2D eigenvalue weighted by Crippen LogP contribution is -2.49. The molecule has 1 heterocycles. The average molecular weight is 278 g/mol. The molecule has 1 aromatic rings. The van der Waals surface area contributed by atoms with Crippen LogP contribution in [0.25, 0.3) is 0 Å². The van der Waals surface area contributed by atoms with Crippen LogP contribution >= 0.6 is 0 Å². The lowest BCUT2D eigenvalue weighted by atomic mass is 10.1. The Morgan fingerprint density at radius 1 is 1.20 bits per heavy atom. The lowest BCUT2D eigenvalue weighted by molar-refractivity contribution is -0.123. The van der Waals surface area contributed by atoms with Crippen LogP contribution in [-0.2, 0) is 4.79 Å². The van der Waals surface area contributed by atoms with E-state index in [9.17, 15) is 9.59 Å². The van der Waals surface area contributed by atoms with Crippen LogP contribution in [0.15, 0.2) is 24.3 Å². The van der Waals surface area contributed by atoms with Gasteiger partial charge in [0.25, 0.3) is 5.91 Å². The van der Waals surface area contributed by atoms with Gasteiger partial charge in [0.1, 0.15) is 0 Å². The summed E-state index contributed by atoms with van der Waals surface area (Å²) in [5.41, 5.74) is 1.70. The van der Waals surface area contributed by atoms with Gasteiger partial charge in [-0.1, -0.05) is 45.4 Å². The minimum Gasteiger partial charge on any atom is -0.353 e. The molecule has 2 rings (SSSR count). The van der Waals surface area contributed by atoms with Gasteiger partial charge in [-0.25, -0.2) is 0 Å². The third kappa shape index (κ3) is 5.43. The molecule has 1 aliphatic rings. The fourth-order valence-electron chi connectivity index (χ4n) is 1.77. The van der Waals surface area contributed by atoms with Gasteiger partial charge in [0.2, 0.25) is 5.91 Å². The minimum atomic E-state index is -0.0905. The molecule has 0 saturated carbocycles. The highest BCUT2D eigenvalue weighted by atomic mass is 16.2. The summed E-state index contributed by atoms with van der Waals surface area (Å²) in [6.45, 7) is 11.2. The first-order chi connectivity index (χ1) is 9.66. The summed E-state index contributed by atoms with van der Waals surface area (Å²) in [5.74, 6) is -0.161. The monoisotopic (exact) mass is 278 g/mol. The SMILES string of the molecule is CC.CC.Cc1cccc(C(=O)N2CCNC(=O)C2)c1. The van der Waals surface area contributed by atoms with Crippen LogP contribution in [-0.4, -0.2) is 36.3 Å². The second-order valence-corrected chi connectivity index (χ2v) is 3.95. The smallest absolute Gasteiger partial charge is 0.254 e. The topological polar surface area (TPSA) is 49.4 Å². The molecule has 4 nitrogen and oxygen atoms in total. The maximum Gasteiger partial charge on any atom is 0.254 e. The van der Waals surface area contributed by atoms with E-state index < -0.39 is 0 Å². The van der Waals surface area contributed by atoms with E-state index in [1.54, 1.807) is 11.0 Å². The van der Waals surface area contributed by atoms with E-state index in [1.807, 2.05) is 52.8 Å². The summed E-state index contributed by atoms with van der Waals surface area (Å²) >= 11 is 0. The molecule has 1 aliphatic heterocycles. The van der Waals surface area contributed by atoms with Gasteiger partial charge >= 0.3 is 0 Å². The molecule has 0 aromatic heterocycles. The number of nitrogens with one attached hydrogen (secondary N) is 1. The number of amides is 2. The maximum atomic E-state index is 12.0. The number of rotatable bonds is 1. The fraction of sp³-hybridized carbons (Fsp3) is 0.500. The van der Waals surface area contributed by atoms with E-state index in [0.717, 1.165) is 5.56 Å². The molecule has 0 radical (unpaired) electrons. The van der Waals surface area contributed by atoms with Gasteiger partial charge in [-0.2, -0.15) is 0 Å². The van der Waals surface area contributed by atoms with Crippen LogP contribution < -0.4 is 5.32 Å². The Hall–Kier alpha value is -1.84. The molecular formula is C16H26N2O2. The fourth-order valence-corrected chi connectivity index (χ4v) is 1.77. The number of hydrogen-bond acceptors (Lipinski definition) is 2. The van der Waals surface area contributed by atoms with Crippen molar-refractivity contribution in [2.24, 2.45) is 0 Å². The van der Waals surface area contributed by atoms with E-state index in [2.05, 4.69) is 5.32 Å². The zero-order chi connectivity index (χ0) is 15.5. The predicted octanol–water partition coefficient (Wildman–Crippen LogP) is 2.62. The van der Waals surface area contributed by atoms with Crippen LogP contribution in [0, 0.1) is 6.92 Å². The third-order valence-electron chi connectivity index (χ3n) is 2.59. The van der Waals surface area contributed by atoms with Gasteiger partial charge in [-0.3, -0.25) is 9.59 Å². The summed E-state index contributed by atoms with van der Waals surface area (Å²) in [5, 5.41) is 2.70. The highest BCUT2D eigenvalue weighted by Gasteiger charge is 2.21. The van der Waals surface area contributed by atoms with Crippen LogP contribution in [0.3, 0.4) is 0 Å². The molecule has 0 aliphatic carbocycles. The number of hydrogen-bond donors (Lipinski definition) is 1. The molecule has 1 aromatic carbocycles. The van der Waals surface area contributed by atoms with Crippen LogP contribution in [0.4, 0.5) is 0 Å². The number of aryl methyl sites for hydroxylation is 1. The van der Waals surface area contributed by atoms with Crippen molar-refractivity contribution < 1.29 is 9.59 Å². The van der Waals surface area contributed by atoms with Crippen molar-refractivity contribution in [3.8, 4) is 0 Å². The van der Waals surface area contributed by atoms with E-state index in [0.29, 0.717) is 18.7 Å². The van der Waals surface area contributed by atoms with Gasteiger partial charge in [0.15, 0.2) is 0 Å². The molecule has 0 unspecified atom stereocenters. The Balaban J connectivity index is 0.000000829. The number of benzene rings is 1. The van der Waals surface area contributed by atoms with Crippen LogP contribution in [0.5, 0.6) is 0 Å². The third-order valence-corrected chi connectivity index (χ3v) is 2.59. The predicted molar refractivity (Wildman–Crippen MR) is 82.8 cm³/mol. The highest BCUT2D eigenvalue weighted by Crippen LogP contribution is 2.08. The molecule has 112 valence electrons. The normalized spacial score (nSPS) is 13.2. The summed E-state index contributed by atoms with van der Waals surface area (Å²) in [7, 11) is 0. The van der Waals surface area contributed by atoms with Crippen molar-refractivity contribution in [1.29, 1.82) is 0 Å². The van der Waals surface area contributed by atoms with Crippen molar-refractivity contribution in [3.05, 3.63) is 35.4 Å². The molecule has 2 amide bonds. The van der Waals surface area contributed by atoms with E-state index in [4.69, 9.17) is 0 Å². The van der Waals surface area contributed by atoms with Gasteiger partial charge in [0, 0.05) is 18.7 Å². The molecule has 1 fully saturated rings. The van der Waals surface area contributed by atoms with Crippen molar-refractivity contribution in [2.45, 2.75) is 34.6 Å². The van der Waals surface area contributed by atoms with Crippen molar-refractivity contribution in [2.75, 3.05) is 19.6 Å². The average Bonchev–Trinajstić information content (AvgIpc) is 2.50. The Morgan fingerprint density at radius 2 is 1.85 bits per heavy atom. The zero-order valence-corrected chi connectivity index (χ0v) is 13.2. The van der Waals surface area contributed by atoms with Gasteiger partial charge < -0.3 is 10.2 Å². The molecule has 0 spiro atoms. The van der Waals surface area contributed by atoms with Gasteiger partial charge in [-0.05, 0) is 19.1 Å². The number of piperazine rings is 1.